The molecule has 0 amide bonds. The molecule has 1 saturated carbocycles. The average molecular weight is 279 g/mol. The van der Waals surface area contributed by atoms with E-state index in [1.54, 1.807) is 19.1 Å². The molecule has 20 heavy (non-hydrogen) atoms. The topological polar surface area (TPSA) is 38.3 Å². The van der Waals surface area contributed by atoms with E-state index in [1.165, 1.54) is 12.1 Å². The van der Waals surface area contributed by atoms with Crippen LogP contribution in [0.25, 0.3) is 0 Å². The first-order chi connectivity index (χ1) is 9.47. The molecule has 1 aromatic rings. The zero-order valence-corrected chi connectivity index (χ0v) is 12.3. The number of halogens is 1. The first-order valence-electron chi connectivity index (χ1n) is 7.18. The van der Waals surface area contributed by atoms with Crippen molar-refractivity contribution in [1.29, 1.82) is 0 Å². The average Bonchev–Trinajstić information content (AvgIpc) is 2.33. The van der Waals surface area contributed by atoms with Gasteiger partial charge in [0.1, 0.15) is 11.4 Å². The lowest BCUT2D eigenvalue weighted by molar-refractivity contribution is -0.154. The summed E-state index contributed by atoms with van der Waals surface area (Å²) in [5.74, 6) is 0.488. The van der Waals surface area contributed by atoms with Crippen molar-refractivity contribution in [2.24, 2.45) is 11.8 Å². The smallest absolute Gasteiger partial charge is 0.331 e. The summed E-state index contributed by atoms with van der Waals surface area (Å²) in [7, 11) is 0. The Hall–Kier alpha value is -1.58. The molecule has 0 saturated heterocycles. The van der Waals surface area contributed by atoms with E-state index >= 15 is 0 Å². The first kappa shape index (κ1) is 14.8. The van der Waals surface area contributed by atoms with Crippen molar-refractivity contribution >= 4 is 11.7 Å². The van der Waals surface area contributed by atoms with Crippen molar-refractivity contribution in [2.45, 2.75) is 39.2 Å². The second-order valence-electron chi connectivity index (χ2n) is 5.85. The number of nitrogens with one attached hydrogen (secondary N) is 1. The van der Waals surface area contributed by atoms with Crippen LogP contribution in [0.15, 0.2) is 24.3 Å². The molecule has 1 N–H and O–H groups in total. The van der Waals surface area contributed by atoms with Crippen molar-refractivity contribution in [2.75, 3.05) is 11.9 Å². The molecule has 0 spiro atoms. The number of carbonyl (C=O) groups excluding carboxylic acids is 1. The Morgan fingerprint density at radius 3 is 2.75 bits per heavy atom. The van der Waals surface area contributed by atoms with Crippen LogP contribution >= 0.6 is 0 Å². The minimum Gasteiger partial charge on any atom is -0.464 e. The molecule has 2 rings (SSSR count). The van der Waals surface area contributed by atoms with Crippen LogP contribution in [0.3, 0.4) is 0 Å². The zero-order valence-electron chi connectivity index (χ0n) is 12.3. The summed E-state index contributed by atoms with van der Waals surface area (Å²) in [4.78, 5) is 12.2. The molecule has 0 aromatic heterocycles. The summed E-state index contributed by atoms with van der Waals surface area (Å²) in [6.07, 6.45) is 1.47. The number of anilines is 1. The Balaban J connectivity index is 2.14. The summed E-state index contributed by atoms with van der Waals surface area (Å²) < 4.78 is 18.4. The van der Waals surface area contributed by atoms with E-state index in [0.717, 1.165) is 12.8 Å². The van der Waals surface area contributed by atoms with Gasteiger partial charge in [0.2, 0.25) is 0 Å². The number of hydrogen-bond donors (Lipinski definition) is 1. The molecule has 3 nitrogen and oxygen atoms in total. The van der Waals surface area contributed by atoms with Gasteiger partial charge in [-0.1, -0.05) is 19.9 Å². The monoisotopic (exact) mass is 279 g/mol. The van der Waals surface area contributed by atoms with Gasteiger partial charge in [-0.05, 0) is 49.8 Å². The van der Waals surface area contributed by atoms with Crippen molar-refractivity contribution in [3.8, 4) is 0 Å². The molecule has 0 heterocycles. The Kier molecular flexibility index (Phi) is 4.31. The second-order valence-corrected chi connectivity index (χ2v) is 5.85. The van der Waals surface area contributed by atoms with Crippen molar-refractivity contribution < 1.29 is 13.9 Å². The van der Waals surface area contributed by atoms with Gasteiger partial charge >= 0.3 is 5.97 Å². The summed E-state index contributed by atoms with van der Waals surface area (Å²) in [6.45, 7) is 6.47. The summed E-state index contributed by atoms with van der Waals surface area (Å²) in [5.41, 5.74) is -0.0705. The predicted octanol–water partition coefficient (Wildman–Crippen LogP) is 3.61. The molecule has 110 valence electrons. The number of hydrogen-bond acceptors (Lipinski definition) is 3. The van der Waals surface area contributed by atoms with Crippen LogP contribution in [0.4, 0.5) is 10.1 Å². The van der Waals surface area contributed by atoms with E-state index in [2.05, 4.69) is 19.2 Å². The van der Waals surface area contributed by atoms with Crippen LogP contribution in [0.5, 0.6) is 0 Å². The fourth-order valence-corrected chi connectivity index (χ4v) is 2.74. The van der Waals surface area contributed by atoms with Crippen LogP contribution in [-0.4, -0.2) is 18.1 Å². The molecule has 0 bridgehead atoms. The highest BCUT2D eigenvalue weighted by atomic mass is 19.1. The van der Waals surface area contributed by atoms with Gasteiger partial charge in [-0.3, -0.25) is 0 Å². The van der Waals surface area contributed by atoms with Crippen molar-refractivity contribution in [3.63, 3.8) is 0 Å². The van der Waals surface area contributed by atoms with Gasteiger partial charge in [0.25, 0.3) is 0 Å². The molecule has 0 radical (unpaired) electrons. The van der Waals surface area contributed by atoms with Crippen LogP contribution in [0.2, 0.25) is 0 Å². The van der Waals surface area contributed by atoms with Gasteiger partial charge in [-0.15, -0.1) is 0 Å². The largest absolute Gasteiger partial charge is 0.464 e. The summed E-state index contributed by atoms with van der Waals surface area (Å²) in [6, 6.07) is 6.20. The highest BCUT2D eigenvalue weighted by Gasteiger charge is 2.52. The number of ether oxygens (including phenoxy) is 1. The molecule has 1 fully saturated rings. The van der Waals surface area contributed by atoms with Gasteiger partial charge in [0.05, 0.1) is 6.61 Å². The number of rotatable bonds is 5. The molecule has 0 aliphatic heterocycles. The molecule has 1 aromatic carbocycles. The van der Waals surface area contributed by atoms with Gasteiger partial charge in [-0.2, -0.15) is 0 Å². The lowest BCUT2D eigenvalue weighted by Crippen LogP contribution is -2.58. The van der Waals surface area contributed by atoms with Gasteiger partial charge < -0.3 is 10.1 Å². The van der Waals surface area contributed by atoms with Crippen LogP contribution in [-0.2, 0) is 9.53 Å². The fourth-order valence-electron chi connectivity index (χ4n) is 2.74. The second kappa shape index (κ2) is 5.81. The molecular formula is C16H22FNO2. The van der Waals surface area contributed by atoms with Crippen LogP contribution < -0.4 is 5.32 Å². The maximum atomic E-state index is 13.3. The van der Waals surface area contributed by atoms with Gasteiger partial charge in [0.15, 0.2) is 0 Å². The van der Waals surface area contributed by atoms with E-state index in [0.29, 0.717) is 24.1 Å². The third-order valence-electron chi connectivity index (χ3n) is 4.04. The fraction of sp³-hybridized carbons (Fsp3) is 0.562. The Morgan fingerprint density at radius 1 is 1.50 bits per heavy atom. The minimum absolute atomic E-state index is 0.235. The highest BCUT2D eigenvalue weighted by Crippen LogP contribution is 2.45. The lowest BCUT2D eigenvalue weighted by atomic mass is 9.64. The molecule has 1 aliphatic rings. The third-order valence-corrected chi connectivity index (χ3v) is 4.04. The lowest BCUT2D eigenvalue weighted by Gasteiger charge is -2.48. The Bertz CT molecular complexity index is 481. The Morgan fingerprint density at radius 2 is 2.20 bits per heavy atom. The quantitative estimate of drug-likeness (QED) is 0.837. The van der Waals surface area contributed by atoms with Gasteiger partial charge in [0, 0.05) is 5.69 Å². The molecule has 4 heteroatoms. The van der Waals surface area contributed by atoms with Crippen LogP contribution in [0, 0.1) is 17.7 Å². The molecule has 0 atom stereocenters. The third kappa shape index (κ3) is 2.94. The van der Waals surface area contributed by atoms with Crippen molar-refractivity contribution in [1.82, 2.24) is 0 Å². The highest BCUT2D eigenvalue weighted by molar-refractivity contribution is 5.86. The number of benzene rings is 1. The summed E-state index contributed by atoms with van der Waals surface area (Å²) >= 11 is 0. The van der Waals surface area contributed by atoms with E-state index in [4.69, 9.17) is 4.74 Å². The maximum absolute atomic E-state index is 13.3. The van der Waals surface area contributed by atoms with E-state index in [1.807, 2.05) is 0 Å². The van der Waals surface area contributed by atoms with E-state index < -0.39 is 5.54 Å². The Labute approximate surface area is 119 Å². The molecule has 0 unspecified atom stereocenters. The van der Waals surface area contributed by atoms with Gasteiger partial charge in [-0.25, -0.2) is 9.18 Å². The van der Waals surface area contributed by atoms with Crippen molar-refractivity contribution in [3.05, 3.63) is 30.1 Å². The predicted molar refractivity (Wildman–Crippen MR) is 76.9 cm³/mol. The SMILES string of the molecule is CCOC(=O)C1(Nc2cccc(F)c2)CC(C(C)C)C1. The standard InChI is InChI=1S/C16H22FNO2/c1-4-20-15(19)16(9-12(10-16)11(2)3)18-14-7-5-6-13(17)8-14/h5-8,11-12,18H,4,9-10H2,1-3H3. The summed E-state index contributed by atoms with van der Waals surface area (Å²) in [5, 5.41) is 3.19. The minimum atomic E-state index is -0.696. The number of carbonyl (C=O) groups is 1. The van der Waals surface area contributed by atoms with E-state index in [9.17, 15) is 9.18 Å². The first-order valence-corrected chi connectivity index (χ1v) is 7.18. The number of esters is 1. The molecular weight excluding hydrogens is 257 g/mol. The zero-order chi connectivity index (χ0) is 14.8. The normalized spacial score (nSPS) is 25.1. The molecule has 1 aliphatic carbocycles. The van der Waals surface area contributed by atoms with E-state index in [-0.39, 0.29) is 11.8 Å². The maximum Gasteiger partial charge on any atom is 0.331 e. The van der Waals surface area contributed by atoms with Crippen LogP contribution in [0.1, 0.15) is 33.6 Å².